The highest BCUT2D eigenvalue weighted by atomic mass is 16.5. The van der Waals surface area contributed by atoms with E-state index in [1.807, 2.05) is 56.4 Å². The molecule has 160 valence electrons. The molecular formula is C23H30N4O3. The number of rotatable bonds is 7. The normalized spacial score (nSPS) is 19.5. The molecule has 2 N–H and O–H groups in total. The summed E-state index contributed by atoms with van der Waals surface area (Å²) in [6.07, 6.45) is 1.47. The quantitative estimate of drug-likeness (QED) is 0.683. The van der Waals surface area contributed by atoms with Crippen molar-refractivity contribution in [3.8, 4) is 5.75 Å². The third-order valence-corrected chi connectivity index (χ3v) is 5.17. The van der Waals surface area contributed by atoms with Crippen LogP contribution >= 0.6 is 0 Å². The average molecular weight is 411 g/mol. The van der Waals surface area contributed by atoms with Gasteiger partial charge in [0.05, 0.1) is 12.5 Å². The number of likely N-dealkylation sites (N-methyl/N-ethyl adjacent to an activating group) is 1. The van der Waals surface area contributed by atoms with Gasteiger partial charge < -0.3 is 20.3 Å². The maximum Gasteiger partial charge on any atom is 0.270 e. The van der Waals surface area contributed by atoms with Crippen molar-refractivity contribution in [2.45, 2.75) is 25.8 Å². The van der Waals surface area contributed by atoms with Gasteiger partial charge in [-0.1, -0.05) is 24.3 Å². The highest BCUT2D eigenvalue weighted by molar-refractivity contribution is 5.92. The molecule has 0 radical (unpaired) electrons. The van der Waals surface area contributed by atoms with Gasteiger partial charge in [-0.2, -0.15) is 0 Å². The van der Waals surface area contributed by atoms with Crippen molar-refractivity contribution in [1.82, 2.24) is 20.5 Å². The molecule has 0 spiro atoms. The molecule has 2 heterocycles. The minimum atomic E-state index is -0.168. The van der Waals surface area contributed by atoms with E-state index in [1.54, 1.807) is 6.07 Å². The van der Waals surface area contributed by atoms with Crippen molar-refractivity contribution in [1.29, 1.82) is 0 Å². The Morgan fingerprint density at radius 2 is 1.90 bits per heavy atom. The summed E-state index contributed by atoms with van der Waals surface area (Å²) in [7, 11) is 1.98. The number of pyridine rings is 1. The molecule has 1 aromatic heterocycles. The third-order valence-electron chi connectivity index (χ3n) is 5.17. The summed E-state index contributed by atoms with van der Waals surface area (Å²) < 4.78 is 5.62. The van der Waals surface area contributed by atoms with Gasteiger partial charge >= 0.3 is 0 Å². The highest BCUT2D eigenvalue weighted by Crippen LogP contribution is 2.17. The second-order valence-electron chi connectivity index (χ2n) is 7.78. The number of nitrogens with one attached hydrogen (secondary N) is 2. The molecule has 2 amide bonds. The zero-order valence-corrected chi connectivity index (χ0v) is 17.6. The predicted octanol–water partition coefficient (Wildman–Crippen LogP) is 2.03. The van der Waals surface area contributed by atoms with E-state index in [1.165, 1.54) is 0 Å². The molecule has 0 saturated carbocycles. The van der Waals surface area contributed by atoms with Crippen molar-refractivity contribution >= 4 is 11.8 Å². The van der Waals surface area contributed by atoms with Crippen LogP contribution < -0.4 is 15.4 Å². The van der Waals surface area contributed by atoms with Crippen LogP contribution in [0.3, 0.4) is 0 Å². The van der Waals surface area contributed by atoms with Gasteiger partial charge in [0.2, 0.25) is 5.91 Å². The molecular weight excluding hydrogens is 380 g/mol. The fourth-order valence-corrected chi connectivity index (χ4v) is 3.68. The summed E-state index contributed by atoms with van der Waals surface area (Å²) in [5.74, 6) is 0.553. The largest absolute Gasteiger partial charge is 0.492 e. The lowest BCUT2D eigenvalue weighted by molar-refractivity contribution is -0.125. The number of nitrogens with zero attached hydrogens (tertiary/aromatic N) is 2. The van der Waals surface area contributed by atoms with Crippen LogP contribution in [0.2, 0.25) is 0 Å². The van der Waals surface area contributed by atoms with E-state index >= 15 is 0 Å². The first-order chi connectivity index (χ1) is 14.5. The molecule has 30 heavy (non-hydrogen) atoms. The lowest BCUT2D eigenvalue weighted by Crippen LogP contribution is -2.42. The second-order valence-corrected chi connectivity index (χ2v) is 7.78. The fraction of sp³-hybridized carbons (Fsp3) is 0.435. The summed E-state index contributed by atoms with van der Waals surface area (Å²) in [5, 5.41) is 6.04. The van der Waals surface area contributed by atoms with Crippen molar-refractivity contribution < 1.29 is 14.3 Å². The molecule has 7 nitrogen and oxygen atoms in total. The number of aromatic nitrogens is 1. The standard InChI is InChI=1S/C23H30N4O3/c1-17-7-6-10-21(25-17)23(29)26-19-12-11-18(15-27(2)16-19)22(28)24-13-14-30-20-8-4-3-5-9-20/h3-10,18-19H,11-16H2,1-2H3,(H,24,28)(H,26,29)/t18-,19+/m1/s1. The molecule has 0 aliphatic carbocycles. The minimum Gasteiger partial charge on any atom is -0.492 e. The number of aryl methyl sites for hydroxylation is 1. The summed E-state index contributed by atoms with van der Waals surface area (Å²) in [4.78, 5) is 31.5. The van der Waals surface area contributed by atoms with Gasteiger partial charge in [0, 0.05) is 24.8 Å². The molecule has 1 aliphatic rings. The summed E-state index contributed by atoms with van der Waals surface area (Å²) >= 11 is 0. The highest BCUT2D eigenvalue weighted by Gasteiger charge is 2.27. The van der Waals surface area contributed by atoms with E-state index in [9.17, 15) is 9.59 Å². The van der Waals surface area contributed by atoms with Crippen molar-refractivity contribution in [3.63, 3.8) is 0 Å². The van der Waals surface area contributed by atoms with Crippen LogP contribution in [0.4, 0.5) is 0 Å². The number of hydrogen-bond donors (Lipinski definition) is 2. The average Bonchev–Trinajstić information content (AvgIpc) is 2.93. The van der Waals surface area contributed by atoms with Crippen LogP contribution in [0.5, 0.6) is 5.75 Å². The van der Waals surface area contributed by atoms with Crippen LogP contribution in [0.1, 0.15) is 29.0 Å². The van der Waals surface area contributed by atoms with Gasteiger partial charge in [0.1, 0.15) is 18.1 Å². The molecule has 2 atom stereocenters. The Hall–Kier alpha value is -2.93. The van der Waals surface area contributed by atoms with Crippen molar-refractivity contribution in [3.05, 3.63) is 59.9 Å². The summed E-state index contributed by atoms with van der Waals surface area (Å²) in [5.41, 5.74) is 1.24. The molecule has 1 fully saturated rings. The zero-order valence-electron chi connectivity index (χ0n) is 17.6. The first-order valence-electron chi connectivity index (χ1n) is 10.4. The predicted molar refractivity (Wildman–Crippen MR) is 115 cm³/mol. The smallest absolute Gasteiger partial charge is 0.270 e. The number of benzene rings is 1. The number of amides is 2. The van der Waals surface area contributed by atoms with Crippen LogP contribution in [0.25, 0.3) is 0 Å². The molecule has 1 aliphatic heterocycles. The molecule has 1 aromatic carbocycles. The van der Waals surface area contributed by atoms with Crippen LogP contribution in [-0.4, -0.2) is 61.0 Å². The monoisotopic (exact) mass is 410 g/mol. The van der Waals surface area contributed by atoms with Gasteiger partial charge in [0.15, 0.2) is 0 Å². The maximum atomic E-state index is 12.6. The Morgan fingerprint density at radius 3 is 2.67 bits per heavy atom. The first kappa shape index (κ1) is 21.8. The summed E-state index contributed by atoms with van der Waals surface area (Å²) in [6.45, 7) is 4.14. The Kier molecular flexibility index (Phi) is 7.79. The van der Waals surface area contributed by atoms with E-state index in [2.05, 4.69) is 20.5 Å². The zero-order chi connectivity index (χ0) is 21.3. The number of carbonyl (C=O) groups excluding carboxylic acids is 2. The van der Waals surface area contributed by atoms with E-state index in [-0.39, 0.29) is 23.8 Å². The topological polar surface area (TPSA) is 83.6 Å². The van der Waals surface area contributed by atoms with Gasteiger partial charge in [-0.05, 0) is 51.1 Å². The Morgan fingerprint density at radius 1 is 1.10 bits per heavy atom. The number of ether oxygens (including phenoxy) is 1. The van der Waals surface area contributed by atoms with Crippen LogP contribution in [-0.2, 0) is 4.79 Å². The number of hydrogen-bond acceptors (Lipinski definition) is 5. The first-order valence-corrected chi connectivity index (χ1v) is 10.4. The molecule has 0 bridgehead atoms. The van der Waals surface area contributed by atoms with Crippen LogP contribution in [0.15, 0.2) is 48.5 Å². The van der Waals surface area contributed by atoms with Gasteiger partial charge in [0.25, 0.3) is 5.91 Å². The van der Waals surface area contributed by atoms with E-state index in [0.717, 1.165) is 24.3 Å². The maximum absolute atomic E-state index is 12.6. The molecule has 3 rings (SSSR count). The minimum absolute atomic E-state index is 0.0102. The van der Waals surface area contributed by atoms with E-state index < -0.39 is 0 Å². The van der Waals surface area contributed by atoms with Gasteiger partial charge in [-0.25, -0.2) is 4.98 Å². The molecule has 2 aromatic rings. The number of likely N-dealkylation sites (tertiary alicyclic amines) is 1. The Bertz CT molecular complexity index is 843. The van der Waals surface area contributed by atoms with Gasteiger partial charge in [-0.3, -0.25) is 9.59 Å². The fourth-order valence-electron chi connectivity index (χ4n) is 3.68. The van der Waals surface area contributed by atoms with Crippen molar-refractivity contribution in [2.75, 3.05) is 33.3 Å². The molecule has 1 saturated heterocycles. The Labute approximate surface area is 177 Å². The number of carbonyl (C=O) groups is 2. The lowest BCUT2D eigenvalue weighted by Gasteiger charge is -2.21. The van der Waals surface area contributed by atoms with E-state index in [0.29, 0.717) is 31.9 Å². The second kappa shape index (κ2) is 10.7. The SMILES string of the molecule is Cc1cccc(C(=O)N[C@H]2CC[C@@H](C(=O)NCCOc3ccccc3)CN(C)C2)n1. The Balaban J connectivity index is 1.44. The van der Waals surface area contributed by atoms with Gasteiger partial charge in [-0.15, -0.1) is 0 Å². The molecule has 0 unspecified atom stereocenters. The van der Waals surface area contributed by atoms with Crippen LogP contribution in [0, 0.1) is 12.8 Å². The van der Waals surface area contributed by atoms with Crippen molar-refractivity contribution in [2.24, 2.45) is 5.92 Å². The third kappa shape index (κ3) is 6.56. The van der Waals surface area contributed by atoms with E-state index in [4.69, 9.17) is 4.74 Å². The summed E-state index contributed by atoms with van der Waals surface area (Å²) in [6, 6.07) is 15.0. The lowest BCUT2D eigenvalue weighted by atomic mass is 10.0. The molecule has 7 heteroatoms. The number of para-hydroxylation sites is 1.